The summed E-state index contributed by atoms with van der Waals surface area (Å²) in [4.78, 5) is 27.3. The predicted molar refractivity (Wildman–Crippen MR) is 100 cm³/mol. The molecule has 0 unspecified atom stereocenters. The molecule has 0 saturated carbocycles. The molecular weight excluding hydrogens is 370 g/mol. The number of nitrogens with zero attached hydrogens (tertiary/aromatic N) is 2. The Morgan fingerprint density at radius 3 is 2.36 bits per heavy atom. The lowest BCUT2D eigenvalue weighted by atomic mass is 10.0. The molecule has 148 valence electrons. The summed E-state index contributed by atoms with van der Waals surface area (Å²) in [6.45, 7) is 4.73. The monoisotopic (exact) mass is 390 g/mol. The van der Waals surface area contributed by atoms with Crippen LogP contribution in [-0.2, 0) is 0 Å². The summed E-state index contributed by atoms with van der Waals surface area (Å²) in [7, 11) is 0. The molecule has 2 aromatic rings. The van der Waals surface area contributed by atoms with Crippen LogP contribution >= 0.6 is 0 Å². The van der Waals surface area contributed by atoms with E-state index in [1.165, 1.54) is 41.3 Å². The number of alkyl halides is 2. The lowest BCUT2D eigenvalue weighted by Crippen LogP contribution is -2.42. The normalized spacial score (nSPS) is 16.4. The van der Waals surface area contributed by atoms with Gasteiger partial charge < -0.3 is 9.84 Å². The summed E-state index contributed by atoms with van der Waals surface area (Å²) in [6.07, 6.45) is -3.30. The number of hydrogen-bond acceptors (Lipinski definition) is 3. The first-order chi connectivity index (χ1) is 13.0. The minimum absolute atomic E-state index is 0.00767. The summed E-state index contributed by atoms with van der Waals surface area (Å²) in [5, 5.41) is 9.18. The van der Waals surface area contributed by atoms with Crippen LogP contribution in [0.3, 0.4) is 0 Å². The maximum Gasteiger partial charge on any atom is 0.394 e. The van der Waals surface area contributed by atoms with Crippen molar-refractivity contribution < 1.29 is 28.2 Å². The van der Waals surface area contributed by atoms with Gasteiger partial charge in [-0.2, -0.15) is 8.78 Å². The van der Waals surface area contributed by atoms with E-state index in [2.05, 4.69) is 4.74 Å². The van der Waals surface area contributed by atoms with Crippen LogP contribution in [-0.4, -0.2) is 35.3 Å². The average molecular weight is 390 g/mol. The third-order valence-corrected chi connectivity index (χ3v) is 4.37. The maximum absolute atomic E-state index is 13.1. The highest BCUT2D eigenvalue weighted by atomic mass is 19.3. The van der Waals surface area contributed by atoms with E-state index in [4.69, 9.17) is 0 Å². The van der Waals surface area contributed by atoms with Crippen molar-refractivity contribution in [2.24, 2.45) is 0 Å². The highest BCUT2D eigenvalue weighted by Crippen LogP contribution is 2.36. The summed E-state index contributed by atoms with van der Waals surface area (Å²) >= 11 is 0. The first-order valence-electron chi connectivity index (χ1n) is 8.60. The van der Waals surface area contributed by atoms with Crippen molar-refractivity contribution >= 4 is 23.4 Å². The number of halogens is 2. The first-order valence-corrected chi connectivity index (χ1v) is 8.60. The summed E-state index contributed by atoms with van der Waals surface area (Å²) < 4.78 is 30.5. The molecule has 0 aliphatic carbocycles. The molecule has 1 fully saturated rings. The number of urea groups is 1. The number of rotatable bonds is 5. The van der Waals surface area contributed by atoms with Crippen LogP contribution in [0.4, 0.5) is 25.0 Å². The molecule has 2 amide bonds. The molecule has 0 atom stereocenters. The Morgan fingerprint density at radius 1 is 1.14 bits per heavy atom. The number of amides is 2. The van der Waals surface area contributed by atoms with Crippen molar-refractivity contribution in [3.8, 4) is 5.75 Å². The highest BCUT2D eigenvalue weighted by molar-refractivity contribution is 6.08. The molecule has 28 heavy (non-hydrogen) atoms. The topological polar surface area (TPSA) is 70.1 Å². The van der Waals surface area contributed by atoms with Crippen LogP contribution < -0.4 is 14.5 Å². The average Bonchev–Trinajstić information content (AvgIpc) is 2.84. The van der Waals surface area contributed by atoms with Gasteiger partial charge in [0.15, 0.2) is 0 Å². The quantitative estimate of drug-likeness (QED) is 0.810. The fourth-order valence-corrected chi connectivity index (χ4v) is 3.24. The van der Waals surface area contributed by atoms with Crippen LogP contribution in [0.15, 0.2) is 48.5 Å². The Kier molecular flexibility index (Phi) is 4.74. The number of ether oxygens (including phenoxy) is 1. The highest BCUT2D eigenvalue weighted by Gasteiger charge is 2.44. The second kappa shape index (κ2) is 6.78. The van der Waals surface area contributed by atoms with Gasteiger partial charge in [0, 0.05) is 18.3 Å². The Balaban J connectivity index is 1.89. The lowest BCUT2D eigenvalue weighted by Gasteiger charge is -2.29. The van der Waals surface area contributed by atoms with Crippen molar-refractivity contribution in [1.29, 1.82) is 0 Å². The zero-order valence-electron chi connectivity index (χ0n) is 15.6. The molecule has 0 spiro atoms. The molecule has 1 saturated heterocycles. The number of hydrogen-bond donors (Lipinski definition) is 1. The van der Waals surface area contributed by atoms with Crippen LogP contribution in [0, 0.1) is 0 Å². The van der Waals surface area contributed by atoms with E-state index in [1.807, 2.05) is 13.8 Å². The summed E-state index contributed by atoms with van der Waals surface area (Å²) in [5.41, 5.74) is 0.487. The third kappa shape index (κ3) is 3.90. The number of carbonyl (C=O) groups excluding carboxylic acids is 1. The van der Waals surface area contributed by atoms with E-state index < -0.39 is 17.6 Å². The number of aromatic carboxylic acids is 1. The molecule has 1 aliphatic rings. The van der Waals surface area contributed by atoms with Gasteiger partial charge in [0.2, 0.25) is 0 Å². The number of benzene rings is 2. The van der Waals surface area contributed by atoms with Crippen LogP contribution in [0.5, 0.6) is 5.75 Å². The molecule has 1 heterocycles. The number of anilines is 2. The van der Waals surface area contributed by atoms with E-state index >= 15 is 0 Å². The second-order valence-electron chi connectivity index (χ2n) is 7.28. The van der Waals surface area contributed by atoms with E-state index in [9.17, 15) is 23.5 Å². The van der Waals surface area contributed by atoms with Crippen molar-refractivity contribution in [1.82, 2.24) is 0 Å². The third-order valence-electron chi connectivity index (χ3n) is 4.37. The zero-order valence-corrected chi connectivity index (χ0v) is 15.6. The fourth-order valence-electron chi connectivity index (χ4n) is 3.24. The minimum atomic E-state index is -3.30. The molecule has 0 bridgehead atoms. The molecule has 6 nitrogen and oxygen atoms in total. The molecule has 1 aliphatic heterocycles. The zero-order chi connectivity index (χ0) is 20.7. The van der Waals surface area contributed by atoms with E-state index in [0.717, 1.165) is 0 Å². The van der Waals surface area contributed by atoms with Crippen molar-refractivity contribution in [3.05, 3.63) is 54.1 Å². The summed E-state index contributed by atoms with van der Waals surface area (Å²) in [5.74, 6) is -1.08. The lowest BCUT2D eigenvalue weighted by molar-refractivity contribution is -0.158. The molecule has 2 aromatic carbocycles. The maximum atomic E-state index is 13.1. The molecular formula is C20H20F2N2O4. The van der Waals surface area contributed by atoms with Crippen LogP contribution in [0.25, 0.3) is 0 Å². The standard InChI is InChI=1S/C20H20F2N2O4/c1-19(2)12-23(15-6-4-5-13(11-15)17(25)26)18(27)24(19)14-7-9-16(10-8-14)28-20(3,21)22/h4-11H,12H2,1-3H3,(H,25,26). The Labute approximate surface area is 160 Å². The second-order valence-corrected chi connectivity index (χ2v) is 7.28. The first kappa shape index (κ1) is 19.6. The fraction of sp³-hybridized carbons (Fsp3) is 0.300. The molecule has 0 radical (unpaired) electrons. The van der Waals surface area contributed by atoms with Gasteiger partial charge in [-0.1, -0.05) is 6.07 Å². The van der Waals surface area contributed by atoms with Crippen molar-refractivity contribution in [2.45, 2.75) is 32.4 Å². The van der Waals surface area contributed by atoms with Gasteiger partial charge in [-0.15, -0.1) is 0 Å². The molecule has 0 aromatic heterocycles. The Bertz CT molecular complexity index is 907. The molecule has 3 rings (SSSR count). The van der Waals surface area contributed by atoms with Gasteiger partial charge in [-0.3, -0.25) is 9.80 Å². The minimum Gasteiger partial charge on any atom is -0.478 e. The summed E-state index contributed by atoms with van der Waals surface area (Å²) in [6, 6.07) is 11.7. The SMILES string of the molecule is CC(F)(F)Oc1ccc(N2C(=O)N(c3cccc(C(=O)O)c3)CC2(C)C)cc1. The van der Waals surface area contributed by atoms with Gasteiger partial charge >= 0.3 is 18.1 Å². The predicted octanol–water partition coefficient (Wildman–Crippen LogP) is 4.60. The number of carboxylic acid groups (broad SMARTS) is 1. The van der Waals surface area contributed by atoms with Gasteiger partial charge in [-0.05, 0) is 56.3 Å². The largest absolute Gasteiger partial charge is 0.478 e. The van der Waals surface area contributed by atoms with Crippen molar-refractivity contribution in [3.63, 3.8) is 0 Å². The van der Waals surface area contributed by atoms with Crippen LogP contribution in [0.1, 0.15) is 31.1 Å². The van der Waals surface area contributed by atoms with Gasteiger partial charge in [0.25, 0.3) is 0 Å². The number of carbonyl (C=O) groups is 2. The van der Waals surface area contributed by atoms with E-state index in [-0.39, 0.29) is 17.3 Å². The number of carboxylic acids is 1. The van der Waals surface area contributed by atoms with Crippen LogP contribution in [0.2, 0.25) is 0 Å². The van der Waals surface area contributed by atoms with Gasteiger partial charge in [0.05, 0.1) is 17.6 Å². The van der Waals surface area contributed by atoms with Gasteiger partial charge in [-0.25, -0.2) is 9.59 Å². The Morgan fingerprint density at radius 2 is 1.79 bits per heavy atom. The van der Waals surface area contributed by atoms with Crippen molar-refractivity contribution in [2.75, 3.05) is 16.3 Å². The molecule has 8 heteroatoms. The van der Waals surface area contributed by atoms with E-state index in [1.54, 1.807) is 17.0 Å². The molecule has 1 N–H and O–H groups in total. The van der Waals surface area contributed by atoms with E-state index in [0.29, 0.717) is 24.8 Å². The smallest absolute Gasteiger partial charge is 0.394 e. The Hall–Kier alpha value is -3.16. The van der Waals surface area contributed by atoms with Gasteiger partial charge in [0.1, 0.15) is 5.75 Å².